The summed E-state index contributed by atoms with van der Waals surface area (Å²) in [6, 6.07) is 10.4. The lowest BCUT2D eigenvalue weighted by Gasteiger charge is -2.31. The van der Waals surface area contributed by atoms with Crippen LogP contribution >= 0.6 is 0 Å². The Hall–Kier alpha value is -3.15. The van der Waals surface area contributed by atoms with Crippen molar-refractivity contribution in [1.29, 1.82) is 0 Å². The van der Waals surface area contributed by atoms with Gasteiger partial charge in [-0.15, -0.1) is 0 Å². The van der Waals surface area contributed by atoms with E-state index in [1.54, 1.807) is 32.0 Å². The SMILES string of the molecule is C/C(=C\C(=O)O)c1ccc(N(CC(C)C)CC(C)C)c(NC(=O)Cc2ccc(C)cc2F)c1. The number of benzene rings is 2. The normalized spacial score (nSPS) is 11.7. The van der Waals surface area contributed by atoms with Gasteiger partial charge in [-0.3, -0.25) is 4.79 Å². The minimum absolute atomic E-state index is 0.0892. The number of halogens is 1. The lowest BCUT2D eigenvalue weighted by Crippen LogP contribution is -2.32. The number of carbonyl (C=O) groups is 2. The molecule has 2 aromatic carbocycles. The Kier molecular flexibility index (Phi) is 9.21. The first-order valence-electron chi connectivity index (χ1n) is 11.3. The fourth-order valence-electron chi connectivity index (χ4n) is 3.74. The maximum absolute atomic E-state index is 14.3. The molecular formula is C27H35FN2O3. The van der Waals surface area contributed by atoms with Crippen LogP contribution in [0.25, 0.3) is 5.57 Å². The van der Waals surface area contributed by atoms with Crippen molar-refractivity contribution in [3.05, 3.63) is 65.0 Å². The van der Waals surface area contributed by atoms with E-state index in [2.05, 4.69) is 37.9 Å². The first-order valence-corrected chi connectivity index (χ1v) is 11.3. The van der Waals surface area contributed by atoms with Crippen LogP contribution in [0.1, 0.15) is 51.3 Å². The number of carboxylic acids is 1. The number of carbonyl (C=O) groups excluding carboxylic acids is 1. The second kappa shape index (κ2) is 11.6. The van der Waals surface area contributed by atoms with Crippen LogP contribution < -0.4 is 10.2 Å². The van der Waals surface area contributed by atoms with Gasteiger partial charge in [-0.05, 0) is 66.1 Å². The van der Waals surface area contributed by atoms with Crippen LogP contribution in [-0.4, -0.2) is 30.1 Å². The zero-order chi connectivity index (χ0) is 24.7. The van der Waals surface area contributed by atoms with Crippen LogP contribution in [0, 0.1) is 24.6 Å². The molecule has 0 atom stereocenters. The third-order valence-electron chi connectivity index (χ3n) is 5.14. The van der Waals surface area contributed by atoms with Gasteiger partial charge in [0.15, 0.2) is 0 Å². The molecule has 0 saturated heterocycles. The van der Waals surface area contributed by atoms with Gasteiger partial charge in [0.25, 0.3) is 0 Å². The van der Waals surface area contributed by atoms with E-state index in [-0.39, 0.29) is 12.3 Å². The van der Waals surface area contributed by atoms with Crippen molar-refractivity contribution < 1.29 is 19.1 Å². The quantitative estimate of drug-likeness (QED) is 0.437. The standard InChI is InChI=1S/C27H35FN2O3/c1-17(2)15-30(16-18(3)4)25-10-9-21(20(6)12-27(32)33)13-24(25)29-26(31)14-22-8-7-19(5)11-23(22)28/h7-13,17-18H,14-16H2,1-6H3,(H,29,31)(H,32,33)/b20-12+. The number of aryl methyl sites for hydroxylation is 1. The Morgan fingerprint density at radius 3 is 2.24 bits per heavy atom. The van der Waals surface area contributed by atoms with E-state index < -0.39 is 11.8 Å². The highest BCUT2D eigenvalue weighted by molar-refractivity contribution is 5.97. The van der Waals surface area contributed by atoms with Crippen molar-refractivity contribution in [2.24, 2.45) is 11.8 Å². The fourth-order valence-corrected chi connectivity index (χ4v) is 3.74. The summed E-state index contributed by atoms with van der Waals surface area (Å²) in [5.41, 5.74) is 3.86. The second-order valence-corrected chi connectivity index (χ2v) is 9.41. The zero-order valence-corrected chi connectivity index (χ0v) is 20.4. The topological polar surface area (TPSA) is 69.6 Å². The molecule has 0 aliphatic rings. The van der Waals surface area contributed by atoms with Crippen LogP contribution in [0.15, 0.2) is 42.5 Å². The van der Waals surface area contributed by atoms with E-state index in [4.69, 9.17) is 5.11 Å². The highest BCUT2D eigenvalue weighted by Gasteiger charge is 2.18. The van der Waals surface area contributed by atoms with Crippen LogP contribution in [0.2, 0.25) is 0 Å². The monoisotopic (exact) mass is 454 g/mol. The molecule has 2 N–H and O–H groups in total. The number of carboxylic acid groups (broad SMARTS) is 1. The summed E-state index contributed by atoms with van der Waals surface area (Å²) in [5, 5.41) is 12.1. The number of nitrogens with one attached hydrogen (secondary N) is 1. The highest BCUT2D eigenvalue weighted by atomic mass is 19.1. The number of aliphatic carboxylic acids is 1. The van der Waals surface area contributed by atoms with Crippen molar-refractivity contribution >= 4 is 28.8 Å². The molecule has 0 heterocycles. The molecule has 0 unspecified atom stereocenters. The fraction of sp³-hybridized carbons (Fsp3) is 0.407. The summed E-state index contributed by atoms with van der Waals surface area (Å²) in [6.45, 7) is 13.7. The lowest BCUT2D eigenvalue weighted by molar-refractivity contribution is -0.131. The maximum atomic E-state index is 14.3. The largest absolute Gasteiger partial charge is 0.478 e. The van der Waals surface area contributed by atoms with Gasteiger partial charge in [0.1, 0.15) is 5.82 Å². The number of hydrogen-bond donors (Lipinski definition) is 2. The minimum Gasteiger partial charge on any atom is -0.478 e. The number of nitrogens with zero attached hydrogens (tertiary/aromatic N) is 1. The number of rotatable bonds is 10. The highest BCUT2D eigenvalue weighted by Crippen LogP contribution is 2.31. The summed E-state index contributed by atoms with van der Waals surface area (Å²) < 4.78 is 14.3. The average molecular weight is 455 g/mol. The van der Waals surface area contributed by atoms with Gasteiger partial charge in [-0.25, -0.2) is 9.18 Å². The smallest absolute Gasteiger partial charge is 0.328 e. The third-order valence-corrected chi connectivity index (χ3v) is 5.14. The van der Waals surface area contributed by atoms with Crippen LogP contribution in [0.3, 0.4) is 0 Å². The number of allylic oxidation sites excluding steroid dienone is 1. The van der Waals surface area contributed by atoms with Crippen molar-refractivity contribution in [3.63, 3.8) is 0 Å². The Morgan fingerprint density at radius 1 is 1.06 bits per heavy atom. The van der Waals surface area contributed by atoms with E-state index in [0.29, 0.717) is 34.2 Å². The minimum atomic E-state index is -1.03. The molecule has 33 heavy (non-hydrogen) atoms. The Bertz CT molecular complexity index is 1020. The summed E-state index contributed by atoms with van der Waals surface area (Å²) in [6.07, 6.45) is 1.05. The van der Waals surface area contributed by atoms with Gasteiger partial charge in [0, 0.05) is 19.2 Å². The van der Waals surface area contributed by atoms with Gasteiger partial charge in [-0.1, -0.05) is 45.9 Å². The molecule has 0 bridgehead atoms. The van der Waals surface area contributed by atoms with Crippen LogP contribution in [-0.2, 0) is 16.0 Å². The van der Waals surface area contributed by atoms with Gasteiger partial charge in [0.05, 0.1) is 17.8 Å². The molecule has 178 valence electrons. The Labute approximate surface area is 196 Å². The van der Waals surface area contributed by atoms with E-state index in [0.717, 1.165) is 30.4 Å². The number of amides is 1. The van der Waals surface area contributed by atoms with E-state index in [9.17, 15) is 14.0 Å². The lowest BCUT2D eigenvalue weighted by atomic mass is 10.0. The van der Waals surface area contributed by atoms with Gasteiger partial charge >= 0.3 is 5.97 Å². The molecule has 0 spiro atoms. The summed E-state index contributed by atoms with van der Waals surface area (Å²) in [4.78, 5) is 26.3. The van der Waals surface area contributed by atoms with E-state index in [1.807, 2.05) is 12.1 Å². The van der Waals surface area contributed by atoms with Crippen LogP contribution in [0.4, 0.5) is 15.8 Å². The van der Waals surface area contributed by atoms with E-state index in [1.165, 1.54) is 6.07 Å². The molecule has 1 amide bonds. The molecule has 2 aromatic rings. The van der Waals surface area contributed by atoms with Crippen molar-refractivity contribution in [2.45, 2.75) is 48.0 Å². The predicted octanol–water partition coefficient (Wildman–Crippen LogP) is 5.92. The second-order valence-electron chi connectivity index (χ2n) is 9.41. The Morgan fingerprint density at radius 2 is 1.70 bits per heavy atom. The zero-order valence-electron chi connectivity index (χ0n) is 20.4. The van der Waals surface area contributed by atoms with E-state index >= 15 is 0 Å². The van der Waals surface area contributed by atoms with Crippen LogP contribution in [0.5, 0.6) is 0 Å². The summed E-state index contributed by atoms with van der Waals surface area (Å²) in [5.74, 6) is -0.950. The predicted molar refractivity (Wildman–Crippen MR) is 133 cm³/mol. The molecule has 0 aromatic heterocycles. The molecule has 5 nitrogen and oxygen atoms in total. The molecule has 0 saturated carbocycles. The maximum Gasteiger partial charge on any atom is 0.328 e. The third kappa shape index (κ3) is 8.04. The summed E-state index contributed by atoms with van der Waals surface area (Å²) >= 11 is 0. The van der Waals surface area contributed by atoms with Gasteiger partial charge < -0.3 is 15.3 Å². The molecule has 0 radical (unpaired) electrons. The summed E-state index contributed by atoms with van der Waals surface area (Å²) in [7, 11) is 0. The van der Waals surface area contributed by atoms with Gasteiger partial charge in [0.2, 0.25) is 5.91 Å². The van der Waals surface area contributed by atoms with Gasteiger partial charge in [-0.2, -0.15) is 0 Å². The Balaban J connectivity index is 2.45. The molecule has 6 heteroatoms. The first kappa shape index (κ1) is 26.1. The molecule has 0 aliphatic heterocycles. The molecule has 2 rings (SSSR count). The van der Waals surface area contributed by atoms with Crippen molar-refractivity contribution in [3.8, 4) is 0 Å². The number of anilines is 2. The molecular weight excluding hydrogens is 419 g/mol. The van der Waals surface area contributed by atoms with Crippen molar-refractivity contribution in [2.75, 3.05) is 23.3 Å². The average Bonchev–Trinajstić information content (AvgIpc) is 2.68. The molecule has 0 fully saturated rings. The van der Waals surface area contributed by atoms with Crippen molar-refractivity contribution in [1.82, 2.24) is 0 Å². The first-order chi connectivity index (χ1) is 15.5. The molecule has 0 aliphatic carbocycles. The number of hydrogen-bond acceptors (Lipinski definition) is 3.